The first-order valence-electron chi connectivity index (χ1n) is 8.12. The van der Waals surface area contributed by atoms with E-state index >= 15 is 0 Å². The maximum atomic E-state index is 13.3. The van der Waals surface area contributed by atoms with Gasteiger partial charge in [-0.2, -0.15) is 0 Å². The molecule has 0 radical (unpaired) electrons. The number of hydrogen-bond acceptors (Lipinski definition) is 3. The zero-order valence-electron chi connectivity index (χ0n) is 13.4. The summed E-state index contributed by atoms with van der Waals surface area (Å²) in [6.45, 7) is 1.17. The van der Waals surface area contributed by atoms with Gasteiger partial charge in [-0.3, -0.25) is 9.20 Å². The minimum Gasteiger partial charge on any atom is -0.337 e. The summed E-state index contributed by atoms with van der Waals surface area (Å²) in [5.74, 6) is -0.619. The number of carbonyl (C=O) groups is 1. The molecule has 0 bridgehead atoms. The Hall–Kier alpha value is -2.83. The molecule has 1 saturated heterocycles. The predicted molar refractivity (Wildman–Crippen MR) is 87.1 cm³/mol. The van der Waals surface area contributed by atoms with Crippen molar-refractivity contribution in [3.8, 4) is 0 Å². The minimum absolute atomic E-state index is 0.140. The van der Waals surface area contributed by atoms with Crippen molar-refractivity contribution in [2.24, 2.45) is 5.92 Å². The summed E-state index contributed by atoms with van der Waals surface area (Å²) in [5, 5.41) is 0. The van der Waals surface area contributed by atoms with Crippen molar-refractivity contribution in [2.45, 2.75) is 12.8 Å². The number of carbonyl (C=O) groups excluding carboxylic acids is 1. The number of benzene rings is 1. The fourth-order valence-corrected chi connectivity index (χ4v) is 3.34. The number of amides is 1. The Morgan fingerprint density at radius 1 is 1.24 bits per heavy atom. The highest BCUT2D eigenvalue weighted by molar-refractivity contribution is 5.93. The molecule has 0 aliphatic carbocycles. The van der Waals surface area contributed by atoms with Crippen LogP contribution in [0, 0.1) is 17.6 Å². The van der Waals surface area contributed by atoms with E-state index < -0.39 is 11.6 Å². The van der Waals surface area contributed by atoms with Gasteiger partial charge >= 0.3 is 0 Å². The molecule has 1 aliphatic heterocycles. The van der Waals surface area contributed by atoms with Gasteiger partial charge in [-0.05, 0) is 42.5 Å². The number of halogens is 2. The van der Waals surface area contributed by atoms with E-state index in [1.54, 1.807) is 34.0 Å². The van der Waals surface area contributed by atoms with Gasteiger partial charge in [-0.1, -0.05) is 0 Å². The molecule has 1 aromatic carbocycles. The van der Waals surface area contributed by atoms with Crippen LogP contribution in [0.3, 0.4) is 0 Å². The lowest BCUT2D eigenvalue weighted by molar-refractivity contribution is 0.0782. The van der Waals surface area contributed by atoms with E-state index in [2.05, 4.69) is 9.97 Å². The molecule has 128 valence electrons. The molecule has 1 amide bonds. The summed E-state index contributed by atoms with van der Waals surface area (Å²) in [5.41, 5.74) is 0.977. The van der Waals surface area contributed by atoms with Crippen LogP contribution < -0.4 is 0 Å². The van der Waals surface area contributed by atoms with Crippen molar-refractivity contribution in [2.75, 3.05) is 13.1 Å². The second-order valence-corrected chi connectivity index (χ2v) is 6.34. The molecule has 0 spiro atoms. The zero-order chi connectivity index (χ0) is 17.4. The molecular formula is C18H16F2N4O. The van der Waals surface area contributed by atoms with Crippen LogP contribution in [0.1, 0.15) is 22.5 Å². The fraction of sp³-hybridized carbons (Fsp3) is 0.278. The highest BCUT2D eigenvalue weighted by Crippen LogP contribution is 2.23. The molecule has 1 fully saturated rings. The first kappa shape index (κ1) is 15.7. The molecule has 0 N–H and O–H groups in total. The van der Waals surface area contributed by atoms with Crippen molar-refractivity contribution in [3.05, 3.63) is 65.7 Å². The van der Waals surface area contributed by atoms with E-state index in [9.17, 15) is 13.6 Å². The van der Waals surface area contributed by atoms with Gasteiger partial charge in [0.1, 0.15) is 17.3 Å². The second-order valence-electron chi connectivity index (χ2n) is 6.34. The Morgan fingerprint density at radius 2 is 2.04 bits per heavy atom. The Kier molecular flexibility index (Phi) is 3.91. The van der Waals surface area contributed by atoms with Gasteiger partial charge in [-0.25, -0.2) is 18.7 Å². The third kappa shape index (κ3) is 3.22. The quantitative estimate of drug-likeness (QED) is 0.735. The van der Waals surface area contributed by atoms with Crippen LogP contribution in [-0.4, -0.2) is 38.3 Å². The normalized spacial score (nSPS) is 17.4. The van der Waals surface area contributed by atoms with Crippen LogP contribution in [0.15, 0.2) is 42.9 Å². The van der Waals surface area contributed by atoms with Crippen molar-refractivity contribution >= 4 is 11.7 Å². The topological polar surface area (TPSA) is 50.5 Å². The Morgan fingerprint density at radius 3 is 2.80 bits per heavy atom. The largest absolute Gasteiger partial charge is 0.337 e. The number of rotatable bonds is 3. The van der Waals surface area contributed by atoms with Crippen molar-refractivity contribution < 1.29 is 13.6 Å². The molecule has 1 atom stereocenters. The lowest BCUT2D eigenvalue weighted by Gasteiger charge is -2.15. The fourth-order valence-electron chi connectivity index (χ4n) is 3.34. The number of imidazole rings is 1. The van der Waals surface area contributed by atoms with Gasteiger partial charge in [0.15, 0.2) is 0 Å². The van der Waals surface area contributed by atoms with Gasteiger partial charge < -0.3 is 4.90 Å². The van der Waals surface area contributed by atoms with Crippen LogP contribution in [0.2, 0.25) is 0 Å². The van der Waals surface area contributed by atoms with Crippen LogP contribution in [-0.2, 0) is 6.42 Å². The summed E-state index contributed by atoms with van der Waals surface area (Å²) < 4.78 is 28.3. The summed E-state index contributed by atoms with van der Waals surface area (Å²) >= 11 is 0. The van der Waals surface area contributed by atoms with Gasteiger partial charge in [0, 0.05) is 37.7 Å². The van der Waals surface area contributed by atoms with Gasteiger partial charge in [0.05, 0.1) is 0 Å². The molecule has 3 heterocycles. The third-order valence-electron chi connectivity index (χ3n) is 4.47. The third-order valence-corrected chi connectivity index (χ3v) is 4.47. The standard InChI is InChI=1S/C18H16F2N4O/c19-14-7-13(8-15(20)9-14)6-12-2-5-23(10-12)17(25)16-11-24-4-1-3-21-18(24)22-16/h1,3-4,7-9,11-12H,2,5-6,10H2. The molecule has 25 heavy (non-hydrogen) atoms. The average Bonchev–Trinajstić information content (AvgIpc) is 3.19. The zero-order valence-corrected chi connectivity index (χ0v) is 13.4. The number of nitrogens with zero attached hydrogens (tertiary/aromatic N) is 4. The van der Waals surface area contributed by atoms with E-state index in [1.807, 2.05) is 0 Å². The van der Waals surface area contributed by atoms with Crippen molar-refractivity contribution in [1.82, 2.24) is 19.3 Å². The lowest BCUT2D eigenvalue weighted by atomic mass is 9.98. The smallest absolute Gasteiger partial charge is 0.274 e. The molecule has 7 heteroatoms. The highest BCUT2D eigenvalue weighted by Gasteiger charge is 2.28. The van der Waals surface area contributed by atoms with E-state index in [4.69, 9.17) is 0 Å². The maximum Gasteiger partial charge on any atom is 0.274 e. The molecule has 0 saturated carbocycles. The van der Waals surface area contributed by atoms with Gasteiger partial charge in [0.2, 0.25) is 5.78 Å². The van der Waals surface area contributed by atoms with Crippen LogP contribution in [0.5, 0.6) is 0 Å². The number of fused-ring (bicyclic) bond motifs is 1. The van der Waals surface area contributed by atoms with Crippen LogP contribution >= 0.6 is 0 Å². The van der Waals surface area contributed by atoms with E-state index in [1.165, 1.54) is 12.1 Å². The highest BCUT2D eigenvalue weighted by atomic mass is 19.1. The molecule has 4 rings (SSSR count). The predicted octanol–water partition coefficient (Wildman–Crippen LogP) is 2.71. The SMILES string of the molecule is O=C(c1cn2cccnc2n1)N1CCC(Cc2cc(F)cc(F)c2)C1. The number of likely N-dealkylation sites (tertiary alicyclic amines) is 1. The average molecular weight is 342 g/mol. The molecule has 2 aromatic heterocycles. The molecule has 1 unspecified atom stereocenters. The van der Waals surface area contributed by atoms with Gasteiger partial charge in [-0.15, -0.1) is 0 Å². The van der Waals surface area contributed by atoms with Crippen LogP contribution in [0.4, 0.5) is 8.78 Å². The van der Waals surface area contributed by atoms with Crippen LogP contribution in [0.25, 0.3) is 5.78 Å². The monoisotopic (exact) mass is 342 g/mol. The summed E-state index contributed by atoms with van der Waals surface area (Å²) in [7, 11) is 0. The van der Waals surface area contributed by atoms with Crippen molar-refractivity contribution in [1.29, 1.82) is 0 Å². The molecule has 5 nitrogen and oxygen atoms in total. The minimum atomic E-state index is -0.571. The maximum absolute atomic E-state index is 13.3. The van der Waals surface area contributed by atoms with E-state index in [0.29, 0.717) is 36.5 Å². The first-order chi connectivity index (χ1) is 12.1. The van der Waals surface area contributed by atoms with E-state index in [0.717, 1.165) is 12.5 Å². The lowest BCUT2D eigenvalue weighted by Crippen LogP contribution is -2.29. The summed E-state index contributed by atoms with van der Waals surface area (Å²) in [6.07, 6.45) is 6.43. The number of aromatic nitrogens is 3. The second kappa shape index (κ2) is 6.23. The van der Waals surface area contributed by atoms with Gasteiger partial charge in [0.25, 0.3) is 5.91 Å². The molecule has 3 aromatic rings. The summed E-state index contributed by atoms with van der Waals surface area (Å²) in [4.78, 5) is 22.7. The molecular weight excluding hydrogens is 326 g/mol. The number of hydrogen-bond donors (Lipinski definition) is 0. The van der Waals surface area contributed by atoms with E-state index in [-0.39, 0.29) is 11.8 Å². The Labute approximate surface area is 142 Å². The first-order valence-corrected chi connectivity index (χ1v) is 8.12. The Balaban J connectivity index is 1.45. The molecule has 1 aliphatic rings. The van der Waals surface area contributed by atoms with Crippen molar-refractivity contribution in [3.63, 3.8) is 0 Å². The summed E-state index contributed by atoms with van der Waals surface area (Å²) in [6, 6.07) is 5.33. The Bertz CT molecular complexity index is 886.